The van der Waals surface area contributed by atoms with Gasteiger partial charge in [-0.25, -0.2) is 4.98 Å². The fourth-order valence-corrected chi connectivity index (χ4v) is 4.02. The lowest BCUT2D eigenvalue weighted by molar-refractivity contribution is 0.0497. The van der Waals surface area contributed by atoms with E-state index in [2.05, 4.69) is 33.2 Å². The van der Waals surface area contributed by atoms with Crippen molar-refractivity contribution in [2.75, 3.05) is 19.8 Å². The van der Waals surface area contributed by atoms with Gasteiger partial charge in [-0.15, -0.1) is 0 Å². The van der Waals surface area contributed by atoms with E-state index in [9.17, 15) is 0 Å². The number of rotatable bonds is 7. The van der Waals surface area contributed by atoms with E-state index in [4.69, 9.17) is 14.2 Å². The van der Waals surface area contributed by atoms with Crippen LogP contribution >= 0.6 is 0 Å². The Morgan fingerprint density at radius 3 is 2.84 bits per heavy atom. The number of aromatic nitrogens is 3. The highest BCUT2D eigenvalue weighted by Gasteiger charge is 2.14. The third kappa shape index (κ3) is 5.08. The summed E-state index contributed by atoms with van der Waals surface area (Å²) in [5, 5.41) is 1.12. The highest BCUT2D eigenvalue weighted by Crippen LogP contribution is 2.25. The normalized spacial score (nSPS) is 14.5. The molecular weight excluding hydrogens is 402 g/mol. The minimum absolute atomic E-state index is 0.536. The molecule has 0 bridgehead atoms. The van der Waals surface area contributed by atoms with Crippen LogP contribution in [-0.4, -0.2) is 34.8 Å². The molecule has 1 aliphatic rings. The number of nitrogens with zero attached hydrogens (tertiary/aromatic N) is 2. The number of hydrogen-bond acceptors (Lipinski definition) is 5. The van der Waals surface area contributed by atoms with Crippen LogP contribution in [0.15, 0.2) is 60.8 Å². The molecule has 1 aliphatic heterocycles. The Bertz CT molecular complexity index is 1200. The minimum Gasteiger partial charge on any atom is -0.493 e. The molecule has 6 nitrogen and oxygen atoms in total. The number of benzene rings is 2. The standard InChI is InChI=1S/C26H27N3O3/c1-18-13-21-16-23(5-6-24(21)28-18)32-26-7-10-27-25(29-26)15-20-3-2-4-22(14-20)31-17-19-8-11-30-12-9-19/h2-7,10,13-14,16,19,28H,8-9,11-12,15,17H2,1H3. The molecule has 0 spiro atoms. The van der Waals surface area contributed by atoms with Crippen molar-refractivity contribution in [2.45, 2.75) is 26.2 Å². The summed E-state index contributed by atoms with van der Waals surface area (Å²) in [5.41, 5.74) is 3.33. The third-order valence-corrected chi connectivity index (χ3v) is 5.72. The van der Waals surface area contributed by atoms with E-state index in [1.807, 2.05) is 37.3 Å². The molecule has 0 amide bonds. The zero-order valence-corrected chi connectivity index (χ0v) is 18.2. The maximum Gasteiger partial charge on any atom is 0.222 e. The van der Waals surface area contributed by atoms with Crippen LogP contribution in [0.5, 0.6) is 17.4 Å². The molecule has 164 valence electrons. The fourth-order valence-electron chi connectivity index (χ4n) is 4.02. The van der Waals surface area contributed by atoms with Gasteiger partial charge < -0.3 is 19.2 Å². The van der Waals surface area contributed by atoms with Crippen molar-refractivity contribution < 1.29 is 14.2 Å². The van der Waals surface area contributed by atoms with E-state index in [-0.39, 0.29) is 0 Å². The smallest absolute Gasteiger partial charge is 0.222 e. The lowest BCUT2D eigenvalue weighted by Crippen LogP contribution is -2.21. The van der Waals surface area contributed by atoms with Crippen molar-refractivity contribution in [3.63, 3.8) is 0 Å². The molecule has 2 aromatic carbocycles. The summed E-state index contributed by atoms with van der Waals surface area (Å²) in [7, 11) is 0. The molecule has 0 radical (unpaired) electrons. The summed E-state index contributed by atoms with van der Waals surface area (Å²) >= 11 is 0. The SMILES string of the molecule is Cc1cc2cc(Oc3ccnc(Cc4cccc(OCC5CCOCC5)c4)n3)ccc2[nH]1. The Hall–Kier alpha value is -3.38. The highest BCUT2D eigenvalue weighted by molar-refractivity contribution is 5.81. The van der Waals surface area contributed by atoms with Crippen LogP contribution < -0.4 is 9.47 Å². The second kappa shape index (κ2) is 9.40. The third-order valence-electron chi connectivity index (χ3n) is 5.72. The maximum atomic E-state index is 6.04. The fraction of sp³-hybridized carbons (Fsp3) is 0.308. The monoisotopic (exact) mass is 429 g/mol. The number of hydrogen-bond donors (Lipinski definition) is 1. The molecule has 0 atom stereocenters. The van der Waals surface area contributed by atoms with Gasteiger partial charge in [0.15, 0.2) is 0 Å². The average Bonchev–Trinajstić information content (AvgIpc) is 3.18. The summed E-state index contributed by atoms with van der Waals surface area (Å²) in [6.45, 7) is 4.45. The van der Waals surface area contributed by atoms with Crippen LogP contribution in [0.2, 0.25) is 0 Å². The number of ether oxygens (including phenoxy) is 3. The van der Waals surface area contributed by atoms with E-state index >= 15 is 0 Å². The lowest BCUT2D eigenvalue weighted by Gasteiger charge is -2.22. The lowest BCUT2D eigenvalue weighted by atomic mass is 10.0. The van der Waals surface area contributed by atoms with Gasteiger partial charge in [0.25, 0.3) is 0 Å². The molecule has 6 heteroatoms. The van der Waals surface area contributed by atoms with E-state index in [0.717, 1.165) is 66.3 Å². The predicted molar refractivity (Wildman–Crippen MR) is 123 cm³/mol. The van der Waals surface area contributed by atoms with Crippen molar-refractivity contribution in [1.82, 2.24) is 15.0 Å². The largest absolute Gasteiger partial charge is 0.493 e. The van der Waals surface area contributed by atoms with Crippen LogP contribution in [0, 0.1) is 12.8 Å². The summed E-state index contributed by atoms with van der Waals surface area (Å²) < 4.78 is 17.5. The van der Waals surface area contributed by atoms with Crippen molar-refractivity contribution in [2.24, 2.45) is 5.92 Å². The van der Waals surface area contributed by atoms with Gasteiger partial charge in [-0.3, -0.25) is 0 Å². The quantitative estimate of drug-likeness (QED) is 0.423. The van der Waals surface area contributed by atoms with Gasteiger partial charge in [-0.2, -0.15) is 4.98 Å². The summed E-state index contributed by atoms with van der Waals surface area (Å²) in [6, 6.07) is 18.0. The van der Waals surface area contributed by atoms with Crippen molar-refractivity contribution in [3.05, 3.63) is 77.9 Å². The molecule has 3 heterocycles. The zero-order valence-electron chi connectivity index (χ0n) is 18.2. The summed E-state index contributed by atoms with van der Waals surface area (Å²) in [5.74, 6) is 3.45. The van der Waals surface area contributed by atoms with Gasteiger partial charge in [-0.1, -0.05) is 12.1 Å². The Kier molecular flexibility index (Phi) is 6.03. The molecule has 1 N–H and O–H groups in total. The maximum absolute atomic E-state index is 6.04. The molecule has 0 aliphatic carbocycles. The first-order valence-corrected chi connectivity index (χ1v) is 11.1. The molecule has 0 unspecified atom stereocenters. The Morgan fingerprint density at radius 1 is 1.03 bits per heavy atom. The molecule has 2 aromatic heterocycles. The summed E-state index contributed by atoms with van der Waals surface area (Å²) in [4.78, 5) is 12.4. The Labute approximate surface area is 187 Å². The van der Waals surface area contributed by atoms with Gasteiger partial charge in [0.1, 0.15) is 17.3 Å². The Morgan fingerprint density at radius 2 is 1.94 bits per heavy atom. The van der Waals surface area contributed by atoms with E-state index < -0.39 is 0 Å². The van der Waals surface area contributed by atoms with Gasteiger partial charge >= 0.3 is 0 Å². The van der Waals surface area contributed by atoms with E-state index in [1.165, 1.54) is 0 Å². The van der Waals surface area contributed by atoms with Crippen molar-refractivity contribution >= 4 is 10.9 Å². The number of aryl methyl sites for hydroxylation is 1. The molecular formula is C26H27N3O3. The first-order chi connectivity index (χ1) is 15.7. The first kappa shape index (κ1) is 20.5. The number of H-pyrrole nitrogens is 1. The van der Waals surface area contributed by atoms with Gasteiger partial charge in [0.05, 0.1) is 6.61 Å². The van der Waals surface area contributed by atoms with Crippen molar-refractivity contribution in [1.29, 1.82) is 0 Å². The van der Waals surface area contributed by atoms with Crippen molar-refractivity contribution in [3.8, 4) is 17.4 Å². The molecule has 1 fully saturated rings. The van der Waals surface area contributed by atoms with Crippen LogP contribution in [0.4, 0.5) is 0 Å². The van der Waals surface area contributed by atoms with E-state index in [0.29, 0.717) is 24.0 Å². The Balaban J connectivity index is 1.24. The van der Waals surface area contributed by atoms with E-state index in [1.54, 1.807) is 12.3 Å². The van der Waals surface area contributed by atoms with Crippen LogP contribution in [0.1, 0.15) is 29.9 Å². The number of fused-ring (bicyclic) bond motifs is 1. The van der Waals surface area contributed by atoms with Gasteiger partial charge in [-0.05, 0) is 67.6 Å². The molecule has 32 heavy (non-hydrogen) atoms. The molecule has 0 saturated carbocycles. The van der Waals surface area contributed by atoms with Gasteiger partial charge in [0, 0.05) is 48.5 Å². The van der Waals surface area contributed by atoms with Crippen LogP contribution in [-0.2, 0) is 11.2 Å². The molecule has 1 saturated heterocycles. The molecule has 5 rings (SSSR count). The van der Waals surface area contributed by atoms with Crippen LogP contribution in [0.3, 0.4) is 0 Å². The second-order valence-electron chi connectivity index (χ2n) is 8.31. The second-order valence-corrected chi connectivity index (χ2v) is 8.31. The van der Waals surface area contributed by atoms with Crippen LogP contribution in [0.25, 0.3) is 10.9 Å². The average molecular weight is 430 g/mol. The number of aromatic amines is 1. The zero-order chi connectivity index (χ0) is 21.8. The minimum atomic E-state index is 0.536. The molecule has 4 aromatic rings. The first-order valence-electron chi connectivity index (χ1n) is 11.1. The predicted octanol–water partition coefficient (Wildman–Crippen LogP) is 5.45. The number of nitrogens with one attached hydrogen (secondary N) is 1. The summed E-state index contributed by atoms with van der Waals surface area (Å²) in [6.07, 6.45) is 4.48. The topological polar surface area (TPSA) is 69.3 Å². The van der Waals surface area contributed by atoms with Gasteiger partial charge in [0.2, 0.25) is 5.88 Å². The highest BCUT2D eigenvalue weighted by atomic mass is 16.5.